The molecule has 31 heavy (non-hydrogen) atoms. The van der Waals surface area contributed by atoms with Gasteiger partial charge in [-0.1, -0.05) is 44.4 Å². The van der Waals surface area contributed by atoms with Crippen LogP contribution in [0.25, 0.3) is 0 Å². The maximum absolute atomic E-state index is 13.9. The number of carboxylic acids is 1. The molecule has 0 spiro atoms. The first-order valence-electron chi connectivity index (χ1n) is 10.4. The van der Waals surface area contributed by atoms with Gasteiger partial charge >= 0.3 is 12.1 Å². The van der Waals surface area contributed by atoms with Crippen LogP contribution in [0.4, 0.5) is 18.9 Å². The van der Waals surface area contributed by atoms with E-state index >= 15 is 0 Å². The van der Waals surface area contributed by atoms with Crippen LogP contribution in [0.2, 0.25) is 0 Å². The van der Waals surface area contributed by atoms with Crippen molar-refractivity contribution in [2.45, 2.75) is 52.6 Å². The number of carboxylic acid groups (broad SMARTS) is 1. The van der Waals surface area contributed by atoms with Crippen LogP contribution in [-0.4, -0.2) is 24.2 Å². The smallest absolute Gasteiger partial charge is 0.420 e. The van der Waals surface area contributed by atoms with Gasteiger partial charge in [-0.25, -0.2) is 10.2 Å². The lowest BCUT2D eigenvalue weighted by Crippen LogP contribution is -2.40. The van der Waals surface area contributed by atoms with E-state index in [2.05, 4.69) is 5.43 Å². The molecule has 0 unspecified atom stereocenters. The highest BCUT2D eigenvalue weighted by Crippen LogP contribution is 2.44. The minimum absolute atomic E-state index is 0.0531. The summed E-state index contributed by atoms with van der Waals surface area (Å²) in [6, 6.07) is 8.51. The van der Waals surface area contributed by atoms with Crippen molar-refractivity contribution in [3.8, 4) is 11.5 Å². The number of aryl methyl sites for hydroxylation is 1. The van der Waals surface area contributed by atoms with Crippen LogP contribution in [0.3, 0.4) is 0 Å². The fourth-order valence-corrected chi connectivity index (χ4v) is 2.97. The lowest BCUT2D eigenvalue weighted by Gasteiger charge is -2.29. The number of benzene rings is 2. The number of rotatable bonds is 11. The molecule has 2 N–H and O–H groups in total. The zero-order chi connectivity index (χ0) is 23.0. The molecular weight excluding hydrogens is 409 g/mol. The fraction of sp³-hybridized carbons (Fsp3) is 0.435. The monoisotopic (exact) mass is 438 g/mol. The number of hydrazine groups is 1. The maximum Gasteiger partial charge on any atom is 0.420 e. The van der Waals surface area contributed by atoms with Gasteiger partial charge in [0.25, 0.3) is 0 Å². The SMILES string of the molecule is CCCCNN(CCCC)c1cc(C(=O)O)cc(C(F)(F)F)c1Oc1ccc(C)cc1. The molecule has 8 heteroatoms. The molecular formula is C23H29F3N2O3. The predicted molar refractivity (Wildman–Crippen MR) is 115 cm³/mol. The van der Waals surface area contributed by atoms with Gasteiger partial charge in [-0.15, -0.1) is 0 Å². The van der Waals surface area contributed by atoms with Crippen molar-refractivity contribution in [1.82, 2.24) is 5.43 Å². The van der Waals surface area contributed by atoms with Gasteiger partial charge in [0.05, 0.1) is 11.3 Å². The van der Waals surface area contributed by atoms with Crippen LogP contribution in [-0.2, 0) is 6.18 Å². The van der Waals surface area contributed by atoms with Gasteiger partial charge in [0.15, 0.2) is 5.75 Å². The molecule has 0 aliphatic heterocycles. The van der Waals surface area contributed by atoms with Crippen molar-refractivity contribution >= 4 is 11.7 Å². The third-order valence-corrected chi connectivity index (χ3v) is 4.72. The summed E-state index contributed by atoms with van der Waals surface area (Å²) in [4.78, 5) is 11.6. The number of alkyl halides is 3. The lowest BCUT2D eigenvalue weighted by molar-refractivity contribution is -0.138. The van der Waals surface area contributed by atoms with Crippen LogP contribution in [0.1, 0.15) is 61.0 Å². The minimum Gasteiger partial charge on any atom is -0.478 e. The highest BCUT2D eigenvalue weighted by atomic mass is 19.4. The summed E-state index contributed by atoms with van der Waals surface area (Å²) in [5.74, 6) is -1.61. The number of ether oxygens (including phenoxy) is 1. The quantitative estimate of drug-likeness (QED) is 0.313. The highest BCUT2D eigenvalue weighted by molar-refractivity contribution is 5.90. The van der Waals surface area contributed by atoms with Gasteiger partial charge in [0.2, 0.25) is 0 Å². The van der Waals surface area contributed by atoms with E-state index in [1.807, 2.05) is 20.8 Å². The predicted octanol–water partition coefficient (Wildman–Crippen LogP) is 6.42. The van der Waals surface area contributed by atoms with Crippen LogP contribution >= 0.6 is 0 Å². The van der Waals surface area contributed by atoms with Crippen molar-refractivity contribution in [3.05, 3.63) is 53.1 Å². The van der Waals surface area contributed by atoms with Crippen molar-refractivity contribution in [2.75, 3.05) is 18.1 Å². The average molecular weight is 438 g/mol. The summed E-state index contributed by atoms with van der Waals surface area (Å²) < 4.78 is 47.6. The van der Waals surface area contributed by atoms with E-state index in [-0.39, 0.29) is 11.4 Å². The molecule has 0 aliphatic carbocycles. The van der Waals surface area contributed by atoms with E-state index in [9.17, 15) is 23.1 Å². The lowest BCUT2D eigenvalue weighted by atomic mass is 10.1. The first-order chi connectivity index (χ1) is 14.7. The minimum atomic E-state index is -4.79. The second-order valence-corrected chi connectivity index (χ2v) is 7.36. The highest BCUT2D eigenvalue weighted by Gasteiger charge is 2.38. The number of nitrogens with zero attached hydrogens (tertiary/aromatic N) is 1. The van der Waals surface area contributed by atoms with Crippen molar-refractivity contribution < 1.29 is 27.8 Å². The van der Waals surface area contributed by atoms with E-state index < -0.39 is 29.0 Å². The molecule has 2 aromatic carbocycles. The van der Waals surface area contributed by atoms with Gasteiger partial charge in [-0.05, 0) is 44.0 Å². The number of nitrogens with one attached hydrogen (secondary N) is 1. The Balaban J connectivity index is 2.65. The topological polar surface area (TPSA) is 61.8 Å². The first-order valence-corrected chi connectivity index (χ1v) is 10.4. The standard InChI is InChI=1S/C23H29F3N2O3/c1-4-6-12-27-28(13-7-5-2)20-15-17(22(29)30)14-19(23(24,25)26)21(20)31-18-10-8-16(3)9-11-18/h8-11,14-15,27H,4-7,12-13H2,1-3H3,(H,29,30). The molecule has 0 amide bonds. The molecule has 170 valence electrons. The fourth-order valence-electron chi connectivity index (χ4n) is 2.97. The average Bonchev–Trinajstić information content (AvgIpc) is 2.71. The largest absolute Gasteiger partial charge is 0.478 e. The van der Waals surface area contributed by atoms with Crippen molar-refractivity contribution in [1.29, 1.82) is 0 Å². The van der Waals surface area contributed by atoms with Gasteiger partial charge in [0.1, 0.15) is 11.3 Å². The Bertz CT molecular complexity index is 868. The Morgan fingerprint density at radius 2 is 1.74 bits per heavy atom. The van der Waals surface area contributed by atoms with Crippen molar-refractivity contribution in [3.63, 3.8) is 0 Å². The number of aromatic carboxylic acids is 1. The number of hydrogen-bond donors (Lipinski definition) is 2. The molecule has 2 rings (SSSR count). The second-order valence-electron chi connectivity index (χ2n) is 7.36. The van der Waals surface area contributed by atoms with Crippen molar-refractivity contribution in [2.24, 2.45) is 0 Å². The Hall–Kier alpha value is -2.74. The zero-order valence-corrected chi connectivity index (χ0v) is 18.1. The molecule has 0 aromatic heterocycles. The molecule has 0 bridgehead atoms. The summed E-state index contributed by atoms with van der Waals surface area (Å²) >= 11 is 0. The second kappa shape index (κ2) is 11.0. The van der Waals surface area contributed by atoms with E-state index in [1.54, 1.807) is 29.3 Å². The number of halogens is 3. The molecule has 5 nitrogen and oxygen atoms in total. The summed E-state index contributed by atoms with van der Waals surface area (Å²) in [7, 11) is 0. The number of anilines is 1. The van der Waals surface area contributed by atoms with E-state index in [1.165, 1.54) is 6.07 Å². The number of unbranched alkanes of at least 4 members (excludes halogenated alkanes) is 2. The third-order valence-electron chi connectivity index (χ3n) is 4.72. The molecule has 0 heterocycles. The van der Waals surface area contributed by atoms with Gasteiger partial charge < -0.3 is 14.9 Å². The summed E-state index contributed by atoms with van der Waals surface area (Å²) in [5, 5.41) is 11.0. The van der Waals surface area contributed by atoms with Crippen LogP contribution < -0.4 is 15.2 Å². The summed E-state index contributed by atoms with van der Waals surface area (Å²) in [5.41, 5.74) is 2.57. The van der Waals surface area contributed by atoms with Gasteiger partial charge in [-0.3, -0.25) is 0 Å². The molecule has 2 aromatic rings. The number of hydrogen-bond acceptors (Lipinski definition) is 4. The van der Waals surface area contributed by atoms with E-state index in [0.717, 1.165) is 24.8 Å². The third kappa shape index (κ3) is 6.89. The summed E-state index contributed by atoms with van der Waals surface area (Å²) in [6.07, 6.45) is -1.53. The van der Waals surface area contributed by atoms with Gasteiger partial charge in [0, 0.05) is 13.1 Å². The van der Waals surface area contributed by atoms with Crippen LogP contribution in [0, 0.1) is 6.92 Å². The molecule has 0 saturated carbocycles. The zero-order valence-electron chi connectivity index (χ0n) is 18.1. The number of carbonyl (C=O) groups is 1. The molecule has 0 atom stereocenters. The first kappa shape index (κ1) is 24.5. The molecule has 0 saturated heterocycles. The normalized spacial score (nSPS) is 11.4. The summed E-state index contributed by atoms with van der Waals surface area (Å²) in [6.45, 7) is 6.80. The molecule has 0 radical (unpaired) electrons. The van der Waals surface area contributed by atoms with E-state index in [4.69, 9.17) is 4.74 Å². The Morgan fingerprint density at radius 1 is 1.10 bits per heavy atom. The van der Waals surface area contributed by atoms with E-state index in [0.29, 0.717) is 25.6 Å². The Labute approximate surface area is 180 Å². The maximum atomic E-state index is 13.9. The van der Waals surface area contributed by atoms with Gasteiger partial charge in [-0.2, -0.15) is 13.2 Å². The van der Waals surface area contributed by atoms with Crippen LogP contribution in [0.5, 0.6) is 11.5 Å². The van der Waals surface area contributed by atoms with Crippen LogP contribution in [0.15, 0.2) is 36.4 Å². The molecule has 0 aliphatic rings. The Kier molecular flexibility index (Phi) is 8.74. The Morgan fingerprint density at radius 3 is 2.29 bits per heavy atom. The molecule has 0 fully saturated rings.